The molecule has 0 spiro atoms. The molecule has 12 heteroatoms. The Labute approximate surface area is 322 Å². The van der Waals surface area contributed by atoms with Crippen molar-refractivity contribution in [3.63, 3.8) is 0 Å². The summed E-state index contributed by atoms with van der Waals surface area (Å²) in [6, 6.07) is 23.6. The summed E-state index contributed by atoms with van der Waals surface area (Å²) < 4.78 is 39.8. The highest BCUT2D eigenvalue weighted by molar-refractivity contribution is 5.97. The Bertz CT molecular complexity index is 2390. The van der Waals surface area contributed by atoms with Crippen LogP contribution in [0.2, 0.25) is 0 Å². The maximum absolute atomic E-state index is 14.7. The lowest BCUT2D eigenvalue weighted by molar-refractivity contribution is -0.132. The van der Waals surface area contributed by atoms with Crippen LogP contribution in [0.3, 0.4) is 0 Å². The lowest BCUT2D eigenvalue weighted by atomic mass is 9.80. The monoisotopic (exact) mass is 757 g/mol. The Hall–Kier alpha value is -6.82. The zero-order valence-electron chi connectivity index (χ0n) is 31.6. The van der Waals surface area contributed by atoms with Gasteiger partial charge < -0.3 is 38.5 Å². The number of methoxy groups -OCH3 is 4. The topological polar surface area (TPSA) is 145 Å². The minimum atomic E-state index is -0.628. The molecule has 0 fully saturated rings. The molecule has 0 saturated carbocycles. The lowest BCUT2D eigenvalue weighted by Gasteiger charge is -2.30. The van der Waals surface area contributed by atoms with E-state index in [9.17, 15) is 19.2 Å². The molecular weight excluding hydrogens is 718 g/mol. The number of amides is 1. The van der Waals surface area contributed by atoms with Gasteiger partial charge in [-0.3, -0.25) is 19.2 Å². The van der Waals surface area contributed by atoms with Gasteiger partial charge in [-0.05, 0) is 71.5 Å². The van der Waals surface area contributed by atoms with E-state index in [0.717, 1.165) is 5.56 Å². The van der Waals surface area contributed by atoms with E-state index in [4.69, 9.17) is 33.2 Å². The summed E-state index contributed by atoms with van der Waals surface area (Å²) in [6.45, 7) is 2.62. The van der Waals surface area contributed by atoms with Gasteiger partial charge in [0.1, 0.15) is 23.0 Å². The van der Waals surface area contributed by atoms with E-state index in [-0.39, 0.29) is 28.6 Å². The van der Waals surface area contributed by atoms with Crippen LogP contribution in [-0.4, -0.2) is 46.3 Å². The molecule has 1 aliphatic carbocycles. The largest absolute Gasteiger partial charge is 0.493 e. The summed E-state index contributed by atoms with van der Waals surface area (Å²) in [5.41, 5.74) is 4.96. The summed E-state index contributed by atoms with van der Waals surface area (Å²) >= 11 is 0. The fourth-order valence-electron chi connectivity index (χ4n) is 7.57. The number of benzene rings is 4. The molecule has 0 radical (unpaired) electrons. The minimum absolute atomic E-state index is 0.139. The Morgan fingerprint density at radius 2 is 1.29 bits per heavy atom. The first-order valence-corrected chi connectivity index (χ1v) is 17.8. The first kappa shape index (κ1) is 37.5. The van der Waals surface area contributed by atoms with Crippen LogP contribution >= 0.6 is 0 Å². The number of nitrogens with one attached hydrogen (secondary N) is 1. The van der Waals surface area contributed by atoms with Gasteiger partial charge in [-0.25, -0.2) is 0 Å². The zero-order valence-corrected chi connectivity index (χ0v) is 31.6. The lowest BCUT2D eigenvalue weighted by Crippen LogP contribution is -2.30. The Kier molecular flexibility index (Phi) is 10.4. The molecule has 5 aromatic rings. The Balaban J connectivity index is 1.35. The third-order valence-electron chi connectivity index (χ3n) is 9.88. The smallest absolute Gasteiger partial charge is 0.308 e. The van der Waals surface area contributed by atoms with Gasteiger partial charge in [0.2, 0.25) is 11.2 Å². The molecule has 1 atom stereocenters. The standard InChI is InChI=1S/C44H39NO11/c1-23(46)54-26-12-14-31-37(20-26)56-38-21-27(55-24(2)47)13-15-32(38)41(31)28-9-7-8-10-30(28)44(49)45-34-17-11-25-19-39(51-4)42(52-5)43(53-6)40(25)29-16-18-36(50-3)35(48)22-33(29)34/h7-10,12-16,18-22,34,41H,11,17H2,1-6H3,(H,45,49). The molecule has 2 aliphatic rings. The number of fused-ring (bicyclic) bond motifs is 5. The Morgan fingerprint density at radius 1 is 0.661 bits per heavy atom. The van der Waals surface area contributed by atoms with Gasteiger partial charge >= 0.3 is 11.9 Å². The van der Waals surface area contributed by atoms with Crippen molar-refractivity contribution in [1.29, 1.82) is 0 Å². The number of carbonyl (C=O) groups excluding carboxylic acids is 3. The highest BCUT2D eigenvalue weighted by Gasteiger charge is 2.34. The van der Waals surface area contributed by atoms with E-state index in [0.29, 0.717) is 80.5 Å². The van der Waals surface area contributed by atoms with Crippen molar-refractivity contribution in [2.45, 2.75) is 38.6 Å². The second kappa shape index (κ2) is 15.5. The molecule has 0 bridgehead atoms. The predicted molar refractivity (Wildman–Crippen MR) is 206 cm³/mol. The molecule has 0 aromatic heterocycles. The summed E-state index contributed by atoms with van der Waals surface area (Å²) in [5, 5.41) is 3.26. The van der Waals surface area contributed by atoms with Crippen molar-refractivity contribution in [2.24, 2.45) is 0 Å². The van der Waals surface area contributed by atoms with Gasteiger partial charge in [-0.15, -0.1) is 0 Å². The molecule has 5 aromatic carbocycles. The number of hydrogen-bond donors (Lipinski definition) is 1. The normalized spacial score (nSPS) is 13.9. The summed E-state index contributed by atoms with van der Waals surface area (Å²) in [4.78, 5) is 51.9. The van der Waals surface area contributed by atoms with E-state index in [1.54, 1.807) is 74.9 Å². The zero-order chi connectivity index (χ0) is 39.7. The Morgan fingerprint density at radius 3 is 1.88 bits per heavy atom. The van der Waals surface area contributed by atoms with Gasteiger partial charge in [0, 0.05) is 54.2 Å². The average molecular weight is 758 g/mol. The van der Waals surface area contributed by atoms with Crippen LogP contribution in [0.4, 0.5) is 0 Å². The van der Waals surface area contributed by atoms with Crippen LogP contribution < -0.4 is 43.9 Å². The molecule has 12 nitrogen and oxygen atoms in total. The van der Waals surface area contributed by atoms with E-state index in [1.165, 1.54) is 34.1 Å². The molecular formula is C44H39NO11. The van der Waals surface area contributed by atoms with Gasteiger partial charge in [0.25, 0.3) is 5.91 Å². The third kappa shape index (κ3) is 6.97. The van der Waals surface area contributed by atoms with Crippen molar-refractivity contribution in [3.05, 3.63) is 129 Å². The molecule has 1 unspecified atom stereocenters. The quantitative estimate of drug-likeness (QED) is 0.117. The van der Waals surface area contributed by atoms with Crippen LogP contribution in [0.1, 0.15) is 70.4 Å². The SMILES string of the molecule is COc1cc2c(c(OC)c1OC)-c1ccc(OC)c(=O)cc1C(NC(=O)c1ccccc1C1c3ccc(OC(C)=O)cc3Oc3cc(OC(C)=O)ccc31)CC2. The van der Waals surface area contributed by atoms with Gasteiger partial charge in [0.15, 0.2) is 17.2 Å². The first-order valence-electron chi connectivity index (χ1n) is 17.8. The maximum atomic E-state index is 14.7. The third-order valence-corrected chi connectivity index (χ3v) is 9.88. The molecule has 1 aliphatic heterocycles. The summed E-state index contributed by atoms with van der Waals surface area (Å²) in [6.07, 6.45) is 0.928. The van der Waals surface area contributed by atoms with Crippen LogP contribution in [0.25, 0.3) is 11.1 Å². The number of aryl methyl sites for hydroxylation is 1. The first-order chi connectivity index (χ1) is 27.0. The van der Waals surface area contributed by atoms with Gasteiger partial charge in [-0.2, -0.15) is 0 Å². The van der Waals surface area contributed by atoms with Gasteiger partial charge in [-0.1, -0.05) is 36.4 Å². The van der Waals surface area contributed by atoms with Crippen LogP contribution in [-0.2, 0) is 16.0 Å². The fraction of sp³-hybridized carbons (Fsp3) is 0.227. The fourth-order valence-corrected chi connectivity index (χ4v) is 7.57. The molecule has 286 valence electrons. The van der Waals surface area contributed by atoms with Crippen molar-refractivity contribution in [1.82, 2.24) is 5.32 Å². The molecule has 0 saturated heterocycles. The van der Waals surface area contributed by atoms with E-state index < -0.39 is 23.9 Å². The number of esters is 2. The van der Waals surface area contributed by atoms with Crippen LogP contribution in [0.15, 0.2) is 89.7 Å². The molecule has 1 heterocycles. The van der Waals surface area contributed by atoms with Crippen molar-refractivity contribution >= 4 is 17.8 Å². The predicted octanol–water partition coefficient (Wildman–Crippen LogP) is 7.30. The summed E-state index contributed by atoms with van der Waals surface area (Å²) in [7, 11) is 6.06. The second-order valence-corrected chi connectivity index (χ2v) is 13.2. The number of ether oxygens (including phenoxy) is 7. The number of carbonyl (C=O) groups is 3. The van der Waals surface area contributed by atoms with E-state index in [2.05, 4.69) is 5.32 Å². The molecule has 7 rings (SSSR count). The number of rotatable bonds is 9. The van der Waals surface area contributed by atoms with Crippen LogP contribution in [0, 0.1) is 0 Å². The maximum Gasteiger partial charge on any atom is 0.308 e. The average Bonchev–Trinajstić information content (AvgIpc) is 3.43. The van der Waals surface area contributed by atoms with E-state index in [1.807, 2.05) is 18.2 Å². The molecule has 1 N–H and O–H groups in total. The van der Waals surface area contributed by atoms with Crippen molar-refractivity contribution in [2.75, 3.05) is 28.4 Å². The summed E-state index contributed by atoms with van der Waals surface area (Å²) in [5.74, 6) is 0.925. The minimum Gasteiger partial charge on any atom is -0.493 e. The van der Waals surface area contributed by atoms with Crippen LogP contribution in [0.5, 0.6) is 46.0 Å². The second-order valence-electron chi connectivity index (χ2n) is 13.2. The highest BCUT2D eigenvalue weighted by Crippen LogP contribution is 2.52. The van der Waals surface area contributed by atoms with Crippen molar-refractivity contribution < 1.29 is 47.5 Å². The van der Waals surface area contributed by atoms with Gasteiger partial charge in [0.05, 0.1) is 34.5 Å². The molecule has 56 heavy (non-hydrogen) atoms. The van der Waals surface area contributed by atoms with Crippen molar-refractivity contribution in [3.8, 4) is 57.1 Å². The number of hydrogen-bond acceptors (Lipinski definition) is 11. The van der Waals surface area contributed by atoms with E-state index >= 15 is 0 Å². The molecule has 1 amide bonds. The highest BCUT2D eigenvalue weighted by atomic mass is 16.5.